The summed E-state index contributed by atoms with van der Waals surface area (Å²) in [5.74, 6) is 1.78. The molecule has 0 bridgehead atoms. The Morgan fingerprint density at radius 2 is 1.17 bits per heavy atom. The summed E-state index contributed by atoms with van der Waals surface area (Å²) < 4.78 is 25.2. The summed E-state index contributed by atoms with van der Waals surface area (Å²) >= 11 is 0. The molecule has 0 radical (unpaired) electrons. The van der Waals surface area contributed by atoms with E-state index in [1.54, 1.807) is 7.05 Å². The second-order valence-electron chi connectivity index (χ2n) is 8.29. The van der Waals surface area contributed by atoms with Gasteiger partial charge in [0.25, 0.3) is 0 Å². The maximum atomic E-state index is 11.6. The Hall–Kier alpha value is -0.880. The largest absolute Gasteiger partial charge is 0.400 e. The summed E-state index contributed by atoms with van der Waals surface area (Å²) in [7, 11) is 2.56. The highest BCUT2D eigenvalue weighted by molar-refractivity contribution is 8.09. The molecule has 0 aliphatic rings. The normalized spacial score (nSPS) is 11.5. The van der Waals surface area contributed by atoms with Crippen LogP contribution in [0.15, 0.2) is 0 Å². The van der Waals surface area contributed by atoms with Gasteiger partial charge in [0, 0.05) is 24.8 Å². The fourth-order valence-corrected chi connectivity index (χ4v) is 2.39. The highest BCUT2D eigenvalue weighted by atomic mass is 35.7. The number of carbonyl (C=O) groups excluding carboxylic acids is 1. The number of hydrogen-bond donors (Lipinski definition) is 3. The maximum absolute atomic E-state index is 11.6. The standard InChI is InChI=1S/C10H21NO.C9H17N.CH4O.ClHO3S/c1-7(2)10(5,8(3)4)9(12)11-6;1-7(2)9(5,6-10)8(3)4;1-2;1-5(2,3)4/h7-8H,1-6H3,(H,11,12);7-8H,1-5H3;2H,1H3;(H,2,3,4). The van der Waals surface area contributed by atoms with Crippen LogP contribution < -0.4 is 5.32 Å². The molecule has 176 valence electrons. The molecule has 0 heterocycles. The highest BCUT2D eigenvalue weighted by Crippen LogP contribution is 2.35. The molecule has 0 unspecified atom stereocenters. The van der Waals surface area contributed by atoms with Gasteiger partial charge in [0.1, 0.15) is 0 Å². The van der Waals surface area contributed by atoms with Gasteiger partial charge in [0.15, 0.2) is 0 Å². The predicted octanol–water partition coefficient (Wildman–Crippen LogP) is 4.52. The van der Waals surface area contributed by atoms with Gasteiger partial charge in [-0.3, -0.25) is 9.35 Å². The van der Waals surface area contributed by atoms with Crippen molar-refractivity contribution in [3.8, 4) is 6.07 Å². The number of halogens is 1. The minimum absolute atomic E-state index is 0.146. The van der Waals surface area contributed by atoms with Gasteiger partial charge in [-0.15, -0.1) is 0 Å². The van der Waals surface area contributed by atoms with Crippen molar-refractivity contribution in [2.75, 3.05) is 14.2 Å². The summed E-state index contributed by atoms with van der Waals surface area (Å²) in [5.41, 5.74) is -0.394. The Morgan fingerprint density at radius 1 is 0.931 bits per heavy atom. The minimum Gasteiger partial charge on any atom is -0.400 e. The van der Waals surface area contributed by atoms with Crippen LogP contribution in [0, 0.1) is 45.8 Å². The van der Waals surface area contributed by atoms with Gasteiger partial charge < -0.3 is 10.4 Å². The van der Waals surface area contributed by atoms with Crippen LogP contribution in [0.3, 0.4) is 0 Å². The van der Waals surface area contributed by atoms with Gasteiger partial charge in [0.05, 0.1) is 16.9 Å². The molecule has 0 saturated heterocycles. The molecule has 29 heavy (non-hydrogen) atoms. The first kappa shape index (κ1) is 35.6. The van der Waals surface area contributed by atoms with Crippen LogP contribution in [0.2, 0.25) is 0 Å². The van der Waals surface area contributed by atoms with Gasteiger partial charge >= 0.3 is 9.33 Å². The number of nitrogens with zero attached hydrogens (tertiary/aromatic N) is 1. The smallest absolute Gasteiger partial charge is 0.353 e. The SMILES string of the molecule is CC(C)C(C)(C#N)C(C)C.CNC(=O)C(C)(C(C)C)C(C)C.CO.O=S(=O)(O)Cl. The van der Waals surface area contributed by atoms with Crippen molar-refractivity contribution in [1.82, 2.24) is 5.32 Å². The number of carbonyl (C=O) groups is 1. The molecule has 0 rings (SSSR count). The highest BCUT2D eigenvalue weighted by Gasteiger charge is 2.38. The summed E-state index contributed by atoms with van der Waals surface area (Å²) in [6, 6.07) is 2.38. The number of nitrogens with one attached hydrogen (secondary N) is 1. The molecule has 0 aromatic rings. The van der Waals surface area contributed by atoms with E-state index in [2.05, 4.69) is 77.5 Å². The minimum atomic E-state index is -4.19. The van der Waals surface area contributed by atoms with Crippen LogP contribution in [0.25, 0.3) is 0 Å². The number of aliphatic hydroxyl groups is 1. The lowest BCUT2D eigenvalue weighted by atomic mass is 9.70. The average molecular weight is 459 g/mol. The topological polar surface area (TPSA) is 127 Å². The van der Waals surface area contributed by atoms with Crippen molar-refractivity contribution < 1.29 is 22.9 Å². The fraction of sp³-hybridized carbons (Fsp3) is 0.900. The number of rotatable bonds is 5. The van der Waals surface area contributed by atoms with Crippen molar-refractivity contribution in [2.45, 2.75) is 69.2 Å². The lowest BCUT2D eigenvalue weighted by molar-refractivity contribution is -0.134. The zero-order valence-corrected chi connectivity index (χ0v) is 21.7. The van der Waals surface area contributed by atoms with Crippen LogP contribution in [0.5, 0.6) is 0 Å². The summed E-state index contributed by atoms with van der Waals surface area (Å²) in [6.45, 7) is 20.8. The van der Waals surface area contributed by atoms with E-state index in [9.17, 15) is 4.79 Å². The fourth-order valence-electron chi connectivity index (χ4n) is 2.39. The van der Waals surface area contributed by atoms with E-state index in [1.165, 1.54) is 0 Å². The molecule has 0 aromatic carbocycles. The van der Waals surface area contributed by atoms with E-state index in [4.69, 9.17) is 23.3 Å². The molecule has 0 aromatic heterocycles. The van der Waals surface area contributed by atoms with E-state index in [0.717, 1.165) is 7.11 Å². The number of aliphatic hydroxyl groups excluding tert-OH is 1. The van der Waals surface area contributed by atoms with Crippen molar-refractivity contribution in [3.63, 3.8) is 0 Å². The van der Waals surface area contributed by atoms with Crippen molar-refractivity contribution >= 4 is 25.9 Å². The molecule has 1 amide bonds. The second kappa shape index (κ2) is 15.9. The Kier molecular flexibility index (Phi) is 19.5. The third kappa shape index (κ3) is 14.7. The zero-order valence-electron chi connectivity index (χ0n) is 20.2. The first-order chi connectivity index (χ1) is 12.8. The molecule has 7 nitrogen and oxygen atoms in total. The molecular weight excluding hydrogens is 416 g/mol. The van der Waals surface area contributed by atoms with E-state index in [0.29, 0.717) is 23.7 Å². The molecule has 0 saturated carbocycles. The van der Waals surface area contributed by atoms with Crippen molar-refractivity contribution in [3.05, 3.63) is 0 Å². The first-order valence-electron chi connectivity index (χ1n) is 9.57. The zero-order chi connectivity index (χ0) is 24.8. The van der Waals surface area contributed by atoms with Crippen molar-refractivity contribution in [1.29, 1.82) is 5.26 Å². The van der Waals surface area contributed by atoms with Crippen LogP contribution >= 0.6 is 10.7 Å². The number of amides is 1. The van der Waals surface area contributed by atoms with Gasteiger partial charge in [-0.05, 0) is 30.6 Å². The summed E-state index contributed by atoms with van der Waals surface area (Å²) in [5, 5.41) is 18.6. The molecule has 3 N–H and O–H groups in total. The van der Waals surface area contributed by atoms with Crippen LogP contribution in [-0.4, -0.2) is 38.1 Å². The molecule has 0 fully saturated rings. The summed E-state index contributed by atoms with van der Waals surface area (Å²) in [4.78, 5) is 11.6. The monoisotopic (exact) mass is 458 g/mol. The Labute approximate surface area is 183 Å². The molecule has 0 aliphatic carbocycles. The predicted molar refractivity (Wildman–Crippen MR) is 121 cm³/mol. The third-order valence-corrected chi connectivity index (χ3v) is 5.75. The molecule has 9 heteroatoms. The van der Waals surface area contributed by atoms with Crippen LogP contribution in [0.4, 0.5) is 0 Å². The molecule has 0 aliphatic heterocycles. The maximum Gasteiger partial charge on any atom is 0.353 e. The van der Waals surface area contributed by atoms with Gasteiger partial charge in [-0.2, -0.15) is 13.7 Å². The first-order valence-corrected chi connectivity index (χ1v) is 11.8. The Balaban J connectivity index is -0.000000166. The Bertz CT molecular complexity index is 558. The van der Waals surface area contributed by atoms with Crippen LogP contribution in [-0.2, 0) is 14.1 Å². The average Bonchev–Trinajstić information content (AvgIpc) is 2.59. The van der Waals surface area contributed by atoms with E-state index < -0.39 is 9.33 Å². The van der Waals surface area contributed by atoms with Gasteiger partial charge in [-0.1, -0.05) is 62.3 Å². The number of hydrogen-bond acceptors (Lipinski definition) is 5. The van der Waals surface area contributed by atoms with Crippen LogP contribution in [0.1, 0.15) is 69.2 Å². The van der Waals surface area contributed by atoms with Crippen molar-refractivity contribution in [2.24, 2.45) is 34.5 Å². The lowest BCUT2D eigenvalue weighted by Crippen LogP contribution is -2.44. The molecular formula is C20H43ClN2O5S. The van der Waals surface area contributed by atoms with E-state index in [-0.39, 0.29) is 16.7 Å². The van der Waals surface area contributed by atoms with E-state index in [1.807, 2.05) is 13.8 Å². The molecule has 0 spiro atoms. The number of nitriles is 1. The lowest BCUT2D eigenvalue weighted by Gasteiger charge is -2.35. The summed E-state index contributed by atoms with van der Waals surface area (Å²) in [6.07, 6.45) is 0. The Morgan fingerprint density at radius 3 is 1.21 bits per heavy atom. The quantitative estimate of drug-likeness (QED) is 0.410. The second-order valence-corrected chi connectivity index (χ2v) is 10.3. The third-order valence-electron chi connectivity index (χ3n) is 5.75. The van der Waals surface area contributed by atoms with Gasteiger partial charge in [0.2, 0.25) is 5.91 Å². The van der Waals surface area contributed by atoms with E-state index >= 15 is 0 Å². The van der Waals surface area contributed by atoms with Gasteiger partial charge in [-0.25, -0.2) is 0 Å². The molecule has 0 atom stereocenters.